The van der Waals surface area contributed by atoms with Crippen molar-refractivity contribution >= 4 is 38.9 Å². The number of carbonyl (C=O) groups excluding carboxylic acids is 1. The molecule has 0 aliphatic rings. The molecular formula is C20H16Cl2N2O3S. The summed E-state index contributed by atoms with van der Waals surface area (Å²) in [5.74, 6) is -0.448. The molecule has 0 bridgehead atoms. The number of halogens is 2. The second-order valence-electron chi connectivity index (χ2n) is 5.97. The molecule has 1 heterocycles. The Morgan fingerprint density at radius 1 is 1.00 bits per heavy atom. The number of benzene rings is 2. The summed E-state index contributed by atoms with van der Waals surface area (Å²) in [6.07, 6.45) is 3.04. The van der Waals surface area contributed by atoms with Gasteiger partial charge >= 0.3 is 0 Å². The third-order valence-corrected chi connectivity index (χ3v) is 6.99. The Labute approximate surface area is 173 Å². The van der Waals surface area contributed by atoms with Crippen LogP contribution in [0.15, 0.2) is 78.0 Å². The summed E-state index contributed by atoms with van der Waals surface area (Å²) in [7, 11) is -3.75. The minimum absolute atomic E-state index is 0.123. The topological polar surface area (TPSA) is 76.1 Å². The number of aromatic nitrogens is 1. The van der Waals surface area contributed by atoms with Crippen molar-refractivity contribution in [3.05, 3.63) is 94.2 Å². The molecule has 1 unspecified atom stereocenters. The Hall–Kier alpha value is -2.41. The molecular weight excluding hydrogens is 419 g/mol. The fraction of sp³-hybridized carbons (Fsp3) is 0.100. The normalized spacial score (nSPS) is 12.4. The molecule has 0 aliphatic heterocycles. The van der Waals surface area contributed by atoms with Crippen molar-refractivity contribution in [2.75, 3.05) is 6.54 Å². The molecule has 0 aliphatic carbocycles. The first-order valence-corrected chi connectivity index (χ1v) is 10.6. The average Bonchev–Trinajstić information content (AvgIpc) is 2.71. The van der Waals surface area contributed by atoms with Crippen LogP contribution in [-0.2, 0) is 9.84 Å². The van der Waals surface area contributed by atoms with Gasteiger partial charge in [0.1, 0.15) is 5.25 Å². The zero-order valence-corrected chi connectivity index (χ0v) is 16.9. The zero-order chi connectivity index (χ0) is 20.1. The predicted octanol–water partition coefficient (Wildman–Crippen LogP) is 4.33. The number of hydrogen-bond donors (Lipinski definition) is 1. The van der Waals surface area contributed by atoms with E-state index >= 15 is 0 Å². The Morgan fingerprint density at radius 3 is 2.39 bits per heavy atom. The summed E-state index contributed by atoms with van der Waals surface area (Å²) in [6, 6.07) is 15.9. The smallest absolute Gasteiger partial charge is 0.251 e. The van der Waals surface area contributed by atoms with Gasteiger partial charge in [0, 0.05) is 24.5 Å². The lowest BCUT2D eigenvalue weighted by molar-refractivity contribution is 0.0953. The average molecular weight is 435 g/mol. The predicted molar refractivity (Wildman–Crippen MR) is 109 cm³/mol. The molecule has 1 amide bonds. The quantitative estimate of drug-likeness (QED) is 0.625. The number of sulfone groups is 1. The van der Waals surface area contributed by atoms with Crippen LogP contribution in [0.5, 0.6) is 0 Å². The van der Waals surface area contributed by atoms with Gasteiger partial charge < -0.3 is 5.32 Å². The minimum atomic E-state index is -3.75. The van der Waals surface area contributed by atoms with Gasteiger partial charge in [-0.15, -0.1) is 0 Å². The molecule has 1 atom stereocenters. The molecule has 0 fully saturated rings. The van der Waals surface area contributed by atoms with Crippen molar-refractivity contribution in [2.24, 2.45) is 0 Å². The number of pyridine rings is 1. The van der Waals surface area contributed by atoms with E-state index in [4.69, 9.17) is 23.2 Å². The fourth-order valence-electron chi connectivity index (χ4n) is 2.67. The molecule has 28 heavy (non-hydrogen) atoms. The van der Waals surface area contributed by atoms with Gasteiger partial charge in [0.25, 0.3) is 5.91 Å². The van der Waals surface area contributed by atoms with Gasteiger partial charge in [-0.1, -0.05) is 47.5 Å². The second kappa shape index (κ2) is 8.73. The minimum Gasteiger partial charge on any atom is -0.350 e. The lowest BCUT2D eigenvalue weighted by Crippen LogP contribution is -2.32. The molecule has 5 nitrogen and oxygen atoms in total. The highest BCUT2D eigenvalue weighted by Crippen LogP contribution is 2.28. The summed E-state index contributed by atoms with van der Waals surface area (Å²) >= 11 is 11.8. The molecule has 1 aromatic heterocycles. The number of hydrogen-bond acceptors (Lipinski definition) is 4. The third kappa shape index (κ3) is 4.52. The van der Waals surface area contributed by atoms with E-state index in [2.05, 4.69) is 10.3 Å². The van der Waals surface area contributed by atoms with E-state index in [0.29, 0.717) is 10.6 Å². The zero-order valence-electron chi connectivity index (χ0n) is 14.5. The molecule has 3 rings (SSSR count). The Kier molecular flexibility index (Phi) is 6.34. The maximum atomic E-state index is 13.2. The number of rotatable bonds is 6. The molecule has 1 N–H and O–H groups in total. The van der Waals surface area contributed by atoms with Crippen LogP contribution in [-0.4, -0.2) is 25.9 Å². The maximum Gasteiger partial charge on any atom is 0.251 e. The van der Waals surface area contributed by atoms with Crippen molar-refractivity contribution < 1.29 is 13.2 Å². The molecule has 8 heteroatoms. The molecule has 144 valence electrons. The number of carbonyl (C=O) groups is 1. The van der Waals surface area contributed by atoms with Crippen LogP contribution in [0, 0.1) is 0 Å². The first kappa shape index (κ1) is 20.3. The van der Waals surface area contributed by atoms with E-state index in [9.17, 15) is 13.2 Å². The van der Waals surface area contributed by atoms with Crippen molar-refractivity contribution in [1.29, 1.82) is 0 Å². The lowest BCUT2D eigenvalue weighted by Gasteiger charge is -2.19. The summed E-state index contributed by atoms with van der Waals surface area (Å²) in [5, 5.41) is 2.26. The SMILES string of the molecule is O=C(NCC(c1cccnc1)S(=O)(=O)c1ccccc1)c1ccc(Cl)c(Cl)c1. The van der Waals surface area contributed by atoms with E-state index in [0.717, 1.165) is 0 Å². The first-order chi connectivity index (χ1) is 13.4. The van der Waals surface area contributed by atoms with Crippen molar-refractivity contribution in [3.63, 3.8) is 0 Å². The summed E-state index contributed by atoms with van der Waals surface area (Å²) < 4.78 is 26.3. The van der Waals surface area contributed by atoms with Crippen molar-refractivity contribution in [2.45, 2.75) is 10.1 Å². The number of nitrogens with one attached hydrogen (secondary N) is 1. The third-order valence-electron chi connectivity index (χ3n) is 4.13. The van der Waals surface area contributed by atoms with Crippen LogP contribution in [0.4, 0.5) is 0 Å². The van der Waals surface area contributed by atoms with Gasteiger partial charge in [0.2, 0.25) is 0 Å². The maximum absolute atomic E-state index is 13.2. The molecule has 0 saturated heterocycles. The second-order valence-corrected chi connectivity index (χ2v) is 8.92. The Morgan fingerprint density at radius 2 is 1.75 bits per heavy atom. The van der Waals surface area contributed by atoms with Crippen LogP contribution in [0.3, 0.4) is 0 Å². The highest BCUT2D eigenvalue weighted by molar-refractivity contribution is 7.91. The summed E-state index contributed by atoms with van der Waals surface area (Å²) in [4.78, 5) is 16.7. The largest absolute Gasteiger partial charge is 0.350 e. The van der Waals surface area contributed by atoms with Crippen LogP contribution < -0.4 is 5.32 Å². The van der Waals surface area contributed by atoms with Crippen LogP contribution in [0.2, 0.25) is 10.0 Å². The summed E-state index contributed by atoms with van der Waals surface area (Å²) in [6.45, 7) is -0.123. The number of amides is 1. The highest BCUT2D eigenvalue weighted by Gasteiger charge is 2.29. The summed E-state index contributed by atoms with van der Waals surface area (Å²) in [5.41, 5.74) is 0.775. The van der Waals surface area contributed by atoms with E-state index in [1.807, 2.05) is 0 Å². The van der Waals surface area contributed by atoms with Crippen LogP contribution in [0.1, 0.15) is 21.2 Å². The standard InChI is InChI=1S/C20H16Cl2N2O3S/c21-17-9-8-14(11-18(17)22)20(25)24-13-19(15-5-4-10-23-12-15)28(26,27)16-6-2-1-3-7-16/h1-12,19H,13H2,(H,24,25). The van der Waals surface area contributed by atoms with Gasteiger partial charge in [0.15, 0.2) is 9.84 Å². The highest BCUT2D eigenvalue weighted by atomic mass is 35.5. The van der Waals surface area contributed by atoms with E-state index in [1.54, 1.807) is 36.5 Å². The monoisotopic (exact) mass is 434 g/mol. The van der Waals surface area contributed by atoms with Crippen LogP contribution >= 0.6 is 23.2 Å². The fourth-order valence-corrected chi connectivity index (χ4v) is 4.64. The van der Waals surface area contributed by atoms with Crippen LogP contribution in [0.25, 0.3) is 0 Å². The van der Waals surface area contributed by atoms with Gasteiger partial charge in [-0.25, -0.2) is 8.42 Å². The molecule has 2 aromatic carbocycles. The van der Waals surface area contributed by atoms with E-state index in [-0.39, 0.29) is 22.0 Å². The molecule has 0 saturated carbocycles. The van der Waals surface area contributed by atoms with E-state index < -0.39 is 21.0 Å². The number of nitrogens with zero attached hydrogens (tertiary/aromatic N) is 1. The van der Waals surface area contributed by atoms with Gasteiger partial charge in [0.05, 0.1) is 14.9 Å². The van der Waals surface area contributed by atoms with Crippen molar-refractivity contribution in [3.8, 4) is 0 Å². The Balaban J connectivity index is 1.88. The van der Waals surface area contributed by atoms with Gasteiger partial charge in [-0.3, -0.25) is 9.78 Å². The lowest BCUT2D eigenvalue weighted by atomic mass is 10.2. The van der Waals surface area contributed by atoms with Crippen molar-refractivity contribution in [1.82, 2.24) is 10.3 Å². The van der Waals surface area contributed by atoms with Gasteiger partial charge in [-0.2, -0.15) is 0 Å². The van der Waals surface area contributed by atoms with E-state index in [1.165, 1.54) is 36.5 Å². The molecule has 0 radical (unpaired) electrons. The first-order valence-electron chi connectivity index (χ1n) is 8.31. The molecule has 0 spiro atoms. The van der Waals surface area contributed by atoms with Gasteiger partial charge in [-0.05, 0) is 42.0 Å². The Bertz CT molecular complexity index is 1080. The molecule has 3 aromatic rings.